The minimum Gasteiger partial charge on any atom is -0.438 e. The fraction of sp³-hybridized carbons (Fsp3) is 0.158. The van der Waals surface area contributed by atoms with Crippen molar-refractivity contribution in [3.8, 4) is 11.6 Å². The number of anilines is 1. The second-order valence-electron chi connectivity index (χ2n) is 5.77. The Morgan fingerprint density at radius 2 is 1.96 bits per heavy atom. The summed E-state index contributed by atoms with van der Waals surface area (Å²) in [6.07, 6.45) is 1.65. The van der Waals surface area contributed by atoms with E-state index in [4.69, 9.17) is 10.5 Å². The number of benzene rings is 1. The molecule has 0 fully saturated rings. The molecule has 2 heterocycles. The van der Waals surface area contributed by atoms with Gasteiger partial charge in [0.25, 0.3) is 5.91 Å². The first-order chi connectivity index (χ1) is 12.5. The van der Waals surface area contributed by atoms with E-state index < -0.39 is 0 Å². The molecule has 0 aliphatic carbocycles. The summed E-state index contributed by atoms with van der Waals surface area (Å²) in [6.45, 7) is 3.96. The number of ether oxygens (including phenoxy) is 1. The van der Waals surface area contributed by atoms with Crippen molar-refractivity contribution >= 4 is 11.9 Å². The fourth-order valence-electron chi connectivity index (χ4n) is 2.40. The van der Waals surface area contributed by atoms with Crippen LogP contribution in [0.3, 0.4) is 0 Å². The first kappa shape index (κ1) is 17.3. The van der Waals surface area contributed by atoms with E-state index in [1.165, 1.54) is 0 Å². The van der Waals surface area contributed by atoms with Gasteiger partial charge in [0.2, 0.25) is 11.8 Å². The molecule has 3 rings (SSSR count). The van der Waals surface area contributed by atoms with E-state index in [1.807, 2.05) is 37.3 Å². The normalized spacial score (nSPS) is 10.4. The molecule has 0 aliphatic rings. The second-order valence-corrected chi connectivity index (χ2v) is 5.77. The summed E-state index contributed by atoms with van der Waals surface area (Å²) in [5.74, 6) is 0.895. The van der Waals surface area contributed by atoms with E-state index in [2.05, 4.69) is 20.3 Å². The van der Waals surface area contributed by atoms with Crippen molar-refractivity contribution in [2.24, 2.45) is 0 Å². The number of nitrogen functional groups attached to an aromatic ring is 1. The lowest BCUT2D eigenvalue weighted by molar-refractivity contribution is 0.0945. The van der Waals surface area contributed by atoms with Crippen LogP contribution in [-0.4, -0.2) is 20.9 Å². The van der Waals surface area contributed by atoms with Crippen molar-refractivity contribution < 1.29 is 9.53 Å². The average Bonchev–Trinajstić information content (AvgIpc) is 2.62. The van der Waals surface area contributed by atoms with Gasteiger partial charge in [-0.05, 0) is 37.6 Å². The molecule has 7 heteroatoms. The molecule has 0 radical (unpaired) electrons. The molecule has 0 unspecified atom stereocenters. The van der Waals surface area contributed by atoms with Crippen LogP contribution in [0.2, 0.25) is 0 Å². The first-order valence-electron chi connectivity index (χ1n) is 8.09. The predicted octanol–water partition coefficient (Wildman–Crippen LogP) is 2.79. The number of para-hydroxylation sites is 1. The first-order valence-corrected chi connectivity index (χ1v) is 8.09. The monoisotopic (exact) mass is 349 g/mol. The number of carbonyl (C=O) groups is 1. The maximum Gasteiger partial charge on any atom is 0.270 e. The SMILES string of the molecule is Cc1cc(C(=O)NCc2cccnc2Oc2ccccc2C)nc(N)n1. The van der Waals surface area contributed by atoms with Gasteiger partial charge in [0.15, 0.2) is 0 Å². The van der Waals surface area contributed by atoms with Gasteiger partial charge >= 0.3 is 0 Å². The summed E-state index contributed by atoms with van der Waals surface area (Å²) < 4.78 is 5.91. The molecule has 1 amide bonds. The fourth-order valence-corrected chi connectivity index (χ4v) is 2.40. The van der Waals surface area contributed by atoms with Crippen LogP contribution in [-0.2, 0) is 6.54 Å². The summed E-state index contributed by atoms with van der Waals surface area (Å²) in [5.41, 5.74) is 8.20. The van der Waals surface area contributed by atoms with Gasteiger partial charge in [-0.25, -0.2) is 15.0 Å². The van der Waals surface area contributed by atoms with E-state index in [1.54, 1.807) is 25.3 Å². The van der Waals surface area contributed by atoms with E-state index in [9.17, 15) is 4.79 Å². The molecular weight excluding hydrogens is 330 g/mol. The van der Waals surface area contributed by atoms with Gasteiger partial charge in [-0.2, -0.15) is 0 Å². The lowest BCUT2D eigenvalue weighted by atomic mass is 10.2. The lowest BCUT2D eigenvalue weighted by Crippen LogP contribution is -2.24. The number of aromatic nitrogens is 3. The van der Waals surface area contributed by atoms with Crippen molar-refractivity contribution in [1.29, 1.82) is 0 Å². The molecule has 1 aromatic carbocycles. The summed E-state index contributed by atoms with van der Waals surface area (Å²) >= 11 is 0. The number of amides is 1. The Morgan fingerprint density at radius 1 is 1.15 bits per heavy atom. The minimum atomic E-state index is -0.340. The zero-order valence-corrected chi connectivity index (χ0v) is 14.6. The molecule has 7 nitrogen and oxygen atoms in total. The molecule has 2 aromatic heterocycles. The lowest BCUT2D eigenvalue weighted by Gasteiger charge is -2.12. The smallest absolute Gasteiger partial charge is 0.270 e. The Labute approximate surface area is 151 Å². The Hall–Kier alpha value is -3.48. The van der Waals surface area contributed by atoms with Crippen LogP contribution in [0.25, 0.3) is 0 Å². The van der Waals surface area contributed by atoms with Crippen LogP contribution in [0.1, 0.15) is 27.3 Å². The van der Waals surface area contributed by atoms with Crippen LogP contribution in [0.15, 0.2) is 48.7 Å². The summed E-state index contributed by atoms with van der Waals surface area (Å²) in [5, 5.41) is 2.81. The Balaban J connectivity index is 1.74. The van der Waals surface area contributed by atoms with Crippen LogP contribution < -0.4 is 15.8 Å². The van der Waals surface area contributed by atoms with Crippen molar-refractivity contribution in [1.82, 2.24) is 20.3 Å². The molecule has 0 atom stereocenters. The molecule has 3 N–H and O–H groups in total. The molecule has 0 spiro atoms. The van der Waals surface area contributed by atoms with Gasteiger partial charge in [0.05, 0.1) is 0 Å². The highest BCUT2D eigenvalue weighted by molar-refractivity contribution is 5.92. The van der Waals surface area contributed by atoms with Crippen molar-refractivity contribution in [2.75, 3.05) is 5.73 Å². The van der Waals surface area contributed by atoms with Crippen LogP contribution >= 0.6 is 0 Å². The maximum atomic E-state index is 12.3. The van der Waals surface area contributed by atoms with E-state index >= 15 is 0 Å². The number of nitrogens with two attached hydrogens (primary N) is 1. The highest BCUT2D eigenvalue weighted by Gasteiger charge is 2.12. The second kappa shape index (κ2) is 7.60. The molecule has 3 aromatic rings. The molecular formula is C19H19N5O2. The number of nitrogens with one attached hydrogen (secondary N) is 1. The zero-order valence-electron chi connectivity index (χ0n) is 14.6. The van der Waals surface area contributed by atoms with E-state index in [-0.39, 0.29) is 24.1 Å². The maximum absolute atomic E-state index is 12.3. The largest absolute Gasteiger partial charge is 0.438 e. The summed E-state index contributed by atoms with van der Waals surface area (Å²) in [6, 6.07) is 12.9. The molecule has 26 heavy (non-hydrogen) atoms. The standard InChI is InChI=1S/C19H19N5O2/c1-12-6-3-4-8-16(12)26-18-14(7-5-9-21-18)11-22-17(25)15-10-13(2)23-19(20)24-15/h3-10H,11H2,1-2H3,(H,22,25)(H2,20,23,24). The Morgan fingerprint density at radius 3 is 2.73 bits per heavy atom. The number of rotatable bonds is 5. The van der Waals surface area contributed by atoms with Gasteiger partial charge in [0, 0.05) is 24.0 Å². The Bertz CT molecular complexity index is 922. The van der Waals surface area contributed by atoms with Gasteiger partial charge in [0.1, 0.15) is 11.4 Å². The van der Waals surface area contributed by atoms with Crippen LogP contribution in [0.4, 0.5) is 5.95 Å². The molecule has 0 saturated carbocycles. The number of pyridine rings is 1. The third-order valence-electron chi connectivity index (χ3n) is 3.69. The summed E-state index contributed by atoms with van der Waals surface area (Å²) in [4.78, 5) is 24.5. The topological polar surface area (TPSA) is 103 Å². The van der Waals surface area contributed by atoms with Gasteiger partial charge in [-0.1, -0.05) is 24.3 Å². The average molecular weight is 349 g/mol. The van der Waals surface area contributed by atoms with Crippen molar-refractivity contribution in [2.45, 2.75) is 20.4 Å². The van der Waals surface area contributed by atoms with Crippen molar-refractivity contribution in [3.63, 3.8) is 0 Å². The van der Waals surface area contributed by atoms with E-state index in [0.717, 1.165) is 16.9 Å². The summed E-state index contributed by atoms with van der Waals surface area (Å²) in [7, 11) is 0. The molecule has 0 bridgehead atoms. The van der Waals surface area contributed by atoms with Crippen LogP contribution in [0, 0.1) is 13.8 Å². The van der Waals surface area contributed by atoms with E-state index in [0.29, 0.717) is 11.6 Å². The molecule has 0 aliphatic heterocycles. The molecule has 132 valence electrons. The van der Waals surface area contributed by atoms with Crippen molar-refractivity contribution in [3.05, 3.63) is 71.2 Å². The highest BCUT2D eigenvalue weighted by atomic mass is 16.5. The quantitative estimate of drug-likeness (QED) is 0.734. The predicted molar refractivity (Wildman–Crippen MR) is 97.8 cm³/mol. The van der Waals surface area contributed by atoms with Gasteiger partial charge in [-0.3, -0.25) is 4.79 Å². The molecule has 0 saturated heterocycles. The van der Waals surface area contributed by atoms with Gasteiger partial charge in [-0.15, -0.1) is 0 Å². The highest BCUT2D eigenvalue weighted by Crippen LogP contribution is 2.25. The minimum absolute atomic E-state index is 0.0695. The number of hydrogen-bond acceptors (Lipinski definition) is 6. The number of carbonyl (C=O) groups excluding carboxylic acids is 1. The zero-order chi connectivity index (χ0) is 18.5. The third-order valence-corrected chi connectivity index (χ3v) is 3.69. The third kappa shape index (κ3) is 4.13. The van der Waals surface area contributed by atoms with Crippen LogP contribution in [0.5, 0.6) is 11.6 Å². The number of aryl methyl sites for hydroxylation is 2. The Kier molecular flexibility index (Phi) is 5.07. The number of nitrogens with zero attached hydrogens (tertiary/aromatic N) is 3. The van der Waals surface area contributed by atoms with Gasteiger partial charge < -0.3 is 15.8 Å². The number of hydrogen-bond donors (Lipinski definition) is 2.